The zero-order valence-corrected chi connectivity index (χ0v) is 17.7. The number of nitrogens with zero attached hydrogens (tertiary/aromatic N) is 2. The maximum atomic E-state index is 13.1. The molecule has 1 aliphatic heterocycles. The van der Waals surface area contributed by atoms with Crippen molar-refractivity contribution in [3.8, 4) is 0 Å². The van der Waals surface area contributed by atoms with E-state index in [1.54, 1.807) is 0 Å². The fourth-order valence-electron chi connectivity index (χ4n) is 3.32. The minimum absolute atomic E-state index is 0.121. The Bertz CT molecular complexity index is 965. The number of nitrogens with one attached hydrogen (secondary N) is 1. The Morgan fingerprint density at radius 2 is 2.00 bits per heavy atom. The van der Waals surface area contributed by atoms with Crippen LogP contribution in [0.5, 0.6) is 0 Å². The first-order chi connectivity index (χ1) is 13.4. The van der Waals surface area contributed by atoms with E-state index in [2.05, 4.69) is 20.9 Å². The van der Waals surface area contributed by atoms with E-state index in [4.69, 9.17) is 4.74 Å². The molecule has 2 heterocycles. The highest BCUT2D eigenvalue weighted by atomic mass is 79.9. The average Bonchev–Trinajstić information content (AvgIpc) is 3.41. The molecule has 0 bridgehead atoms. The Morgan fingerprint density at radius 1 is 1.25 bits per heavy atom. The Hall–Kier alpha value is -1.68. The summed E-state index contributed by atoms with van der Waals surface area (Å²) < 4.78 is 33.2. The molecule has 0 radical (unpaired) electrons. The van der Waals surface area contributed by atoms with Crippen molar-refractivity contribution in [2.24, 2.45) is 0 Å². The van der Waals surface area contributed by atoms with Crippen LogP contribution in [0.1, 0.15) is 28.9 Å². The van der Waals surface area contributed by atoms with Gasteiger partial charge in [0, 0.05) is 36.3 Å². The third-order valence-corrected chi connectivity index (χ3v) is 7.35. The molecule has 1 saturated carbocycles. The second-order valence-corrected chi connectivity index (χ2v) is 9.91. The van der Waals surface area contributed by atoms with E-state index in [0.717, 1.165) is 22.9 Å². The van der Waals surface area contributed by atoms with Gasteiger partial charge in [0.25, 0.3) is 5.91 Å². The minimum atomic E-state index is -3.62. The first kappa shape index (κ1) is 19.6. The number of ether oxygens (including phenoxy) is 1. The number of hydrogen-bond donors (Lipinski definition) is 1. The molecule has 4 rings (SSSR count). The molecule has 28 heavy (non-hydrogen) atoms. The molecule has 150 valence electrons. The van der Waals surface area contributed by atoms with Gasteiger partial charge in [0.15, 0.2) is 0 Å². The van der Waals surface area contributed by atoms with Crippen molar-refractivity contribution in [1.82, 2.24) is 14.2 Å². The SMILES string of the molecule is O=C(c1cc(S(=O)(=O)N2CCOCC2)c[nH]1)N(Cc1cccc(Br)c1)C1CC1. The molecule has 1 saturated heterocycles. The molecular formula is C19H22BrN3O4S. The lowest BCUT2D eigenvalue weighted by Gasteiger charge is -2.25. The first-order valence-electron chi connectivity index (χ1n) is 9.27. The molecule has 0 unspecified atom stereocenters. The lowest BCUT2D eigenvalue weighted by atomic mass is 10.2. The summed E-state index contributed by atoms with van der Waals surface area (Å²) in [5.41, 5.74) is 1.33. The fourth-order valence-corrected chi connectivity index (χ4v) is 5.17. The number of H-pyrrole nitrogens is 1. The van der Waals surface area contributed by atoms with Crippen LogP contribution >= 0.6 is 15.9 Å². The second-order valence-electron chi connectivity index (χ2n) is 7.06. The van der Waals surface area contributed by atoms with E-state index < -0.39 is 10.0 Å². The molecule has 1 aliphatic carbocycles. The molecule has 2 fully saturated rings. The van der Waals surface area contributed by atoms with Crippen LogP contribution in [0.2, 0.25) is 0 Å². The van der Waals surface area contributed by atoms with Gasteiger partial charge < -0.3 is 14.6 Å². The molecule has 7 nitrogen and oxygen atoms in total. The van der Waals surface area contributed by atoms with Crippen LogP contribution in [-0.2, 0) is 21.3 Å². The third-order valence-electron chi connectivity index (χ3n) is 4.99. The van der Waals surface area contributed by atoms with Gasteiger partial charge in [-0.25, -0.2) is 8.42 Å². The van der Waals surface area contributed by atoms with Crippen LogP contribution < -0.4 is 0 Å². The maximum Gasteiger partial charge on any atom is 0.270 e. The van der Waals surface area contributed by atoms with Crippen molar-refractivity contribution in [3.05, 3.63) is 52.3 Å². The van der Waals surface area contributed by atoms with Gasteiger partial charge in [0.2, 0.25) is 10.0 Å². The smallest absolute Gasteiger partial charge is 0.270 e. The van der Waals surface area contributed by atoms with Crippen molar-refractivity contribution >= 4 is 31.9 Å². The van der Waals surface area contributed by atoms with E-state index in [1.165, 1.54) is 16.6 Å². The van der Waals surface area contributed by atoms with Crippen LogP contribution in [0.3, 0.4) is 0 Å². The summed E-state index contributed by atoms with van der Waals surface area (Å²) in [5.74, 6) is -0.175. The van der Waals surface area contributed by atoms with Gasteiger partial charge in [0.05, 0.1) is 13.2 Å². The molecular weight excluding hydrogens is 446 g/mol. The zero-order valence-electron chi connectivity index (χ0n) is 15.3. The fraction of sp³-hybridized carbons (Fsp3) is 0.421. The first-order valence-corrected chi connectivity index (χ1v) is 11.5. The predicted molar refractivity (Wildman–Crippen MR) is 107 cm³/mol. The summed E-state index contributed by atoms with van der Waals surface area (Å²) in [6.07, 6.45) is 3.35. The maximum absolute atomic E-state index is 13.1. The molecule has 2 aliphatic rings. The molecule has 9 heteroatoms. The normalized spacial score (nSPS) is 18.2. The molecule has 2 aromatic rings. The van der Waals surface area contributed by atoms with Crippen LogP contribution in [0.25, 0.3) is 0 Å². The standard InChI is InChI=1S/C19H22BrN3O4S/c20-15-3-1-2-14(10-15)13-23(16-4-5-16)19(24)18-11-17(12-21-18)28(25,26)22-6-8-27-9-7-22/h1-3,10-12,16,21H,4-9,13H2. The van der Waals surface area contributed by atoms with Crippen molar-refractivity contribution in [2.75, 3.05) is 26.3 Å². The van der Waals surface area contributed by atoms with Gasteiger partial charge in [0.1, 0.15) is 10.6 Å². The number of sulfonamides is 1. The topological polar surface area (TPSA) is 82.7 Å². The third kappa shape index (κ3) is 4.17. The molecule has 0 spiro atoms. The number of rotatable bonds is 6. The van der Waals surface area contributed by atoms with E-state index in [0.29, 0.717) is 38.5 Å². The summed E-state index contributed by atoms with van der Waals surface area (Å²) >= 11 is 3.46. The van der Waals surface area contributed by atoms with E-state index in [9.17, 15) is 13.2 Å². The van der Waals surface area contributed by atoms with E-state index >= 15 is 0 Å². The highest BCUT2D eigenvalue weighted by molar-refractivity contribution is 9.10. The van der Waals surface area contributed by atoms with E-state index in [1.807, 2.05) is 29.2 Å². The number of aromatic nitrogens is 1. The number of aromatic amines is 1. The molecule has 1 aromatic heterocycles. The largest absolute Gasteiger partial charge is 0.379 e. The number of carbonyl (C=O) groups excluding carboxylic acids is 1. The summed E-state index contributed by atoms with van der Waals surface area (Å²) in [6.45, 7) is 1.92. The second kappa shape index (κ2) is 7.98. The van der Waals surface area contributed by atoms with Gasteiger partial charge in [-0.1, -0.05) is 28.1 Å². The predicted octanol–water partition coefficient (Wildman–Crippen LogP) is 2.60. The molecule has 1 aromatic carbocycles. The number of carbonyl (C=O) groups is 1. The van der Waals surface area contributed by atoms with Crippen LogP contribution in [0, 0.1) is 0 Å². The Balaban J connectivity index is 1.54. The number of morpholine rings is 1. The van der Waals surface area contributed by atoms with Crippen molar-refractivity contribution < 1.29 is 17.9 Å². The number of amides is 1. The van der Waals surface area contributed by atoms with Gasteiger partial charge in [-0.2, -0.15) is 4.31 Å². The molecule has 1 amide bonds. The number of benzene rings is 1. The quantitative estimate of drug-likeness (QED) is 0.707. The number of halogens is 1. The molecule has 0 atom stereocenters. The van der Waals surface area contributed by atoms with Crippen LogP contribution in [-0.4, -0.2) is 60.9 Å². The Kier molecular flexibility index (Phi) is 5.59. The minimum Gasteiger partial charge on any atom is -0.379 e. The highest BCUT2D eigenvalue weighted by Gasteiger charge is 2.35. The van der Waals surface area contributed by atoms with Gasteiger partial charge in [-0.05, 0) is 36.6 Å². The van der Waals surface area contributed by atoms with Crippen molar-refractivity contribution in [3.63, 3.8) is 0 Å². The summed E-state index contributed by atoms with van der Waals surface area (Å²) in [6, 6.07) is 9.51. The molecule has 1 N–H and O–H groups in total. The average molecular weight is 468 g/mol. The van der Waals surface area contributed by atoms with E-state index in [-0.39, 0.29) is 16.8 Å². The highest BCUT2D eigenvalue weighted by Crippen LogP contribution is 2.30. The van der Waals surface area contributed by atoms with Crippen molar-refractivity contribution in [2.45, 2.75) is 30.3 Å². The summed E-state index contributed by atoms with van der Waals surface area (Å²) in [7, 11) is -3.62. The van der Waals surface area contributed by atoms with Gasteiger partial charge >= 0.3 is 0 Å². The Labute approximate surface area is 172 Å². The van der Waals surface area contributed by atoms with Crippen molar-refractivity contribution in [1.29, 1.82) is 0 Å². The van der Waals surface area contributed by atoms with Crippen LogP contribution in [0.4, 0.5) is 0 Å². The lowest BCUT2D eigenvalue weighted by molar-refractivity contribution is 0.0723. The van der Waals surface area contributed by atoms with Gasteiger partial charge in [-0.15, -0.1) is 0 Å². The monoisotopic (exact) mass is 467 g/mol. The zero-order chi connectivity index (χ0) is 19.7. The number of hydrogen-bond acceptors (Lipinski definition) is 4. The summed E-state index contributed by atoms with van der Waals surface area (Å²) in [5, 5.41) is 0. The Morgan fingerprint density at radius 3 is 2.68 bits per heavy atom. The van der Waals surface area contributed by atoms with Gasteiger partial charge in [-0.3, -0.25) is 4.79 Å². The van der Waals surface area contributed by atoms with Crippen LogP contribution in [0.15, 0.2) is 45.9 Å². The summed E-state index contributed by atoms with van der Waals surface area (Å²) in [4.78, 5) is 17.9. The lowest BCUT2D eigenvalue weighted by Crippen LogP contribution is -2.40.